The molecule has 0 unspecified atom stereocenters. The predicted molar refractivity (Wildman–Crippen MR) is 112 cm³/mol. The monoisotopic (exact) mass is 416 g/mol. The number of hydrogen-bond donors (Lipinski definition) is 0. The van der Waals surface area contributed by atoms with Crippen LogP contribution in [0.1, 0.15) is 33.2 Å². The fraction of sp³-hybridized carbons (Fsp3) is 0.333. The Kier molecular flexibility index (Phi) is 5.66. The van der Waals surface area contributed by atoms with Crippen LogP contribution in [0.2, 0.25) is 0 Å². The summed E-state index contributed by atoms with van der Waals surface area (Å²) in [7, 11) is 0.420. The highest BCUT2D eigenvalue weighted by molar-refractivity contribution is 7.92. The summed E-state index contributed by atoms with van der Waals surface area (Å²) in [6, 6.07) is 11.6. The molecular weight excluding hydrogens is 392 g/mol. The van der Waals surface area contributed by atoms with Crippen molar-refractivity contribution in [2.24, 2.45) is 0 Å². The zero-order valence-corrected chi connectivity index (χ0v) is 17.7. The quantitative estimate of drug-likeness (QED) is 0.531. The number of sulfonamides is 1. The van der Waals surface area contributed by atoms with Crippen LogP contribution in [0, 0.1) is 0 Å². The van der Waals surface area contributed by atoms with Crippen molar-refractivity contribution >= 4 is 33.2 Å². The summed E-state index contributed by atoms with van der Waals surface area (Å²) in [5.74, 6) is -0.904. The molecule has 7 nitrogen and oxygen atoms in total. The molecule has 0 saturated heterocycles. The van der Waals surface area contributed by atoms with E-state index in [0.717, 1.165) is 11.3 Å². The van der Waals surface area contributed by atoms with Gasteiger partial charge in [-0.3, -0.25) is 9.10 Å². The number of nitrogens with zero attached hydrogens (tertiary/aromatic N) is 2. The molecule has 3 rings (SSSR count). The van der Waals surface area contributed by atoms with Crippen LogP contribution in [0.4, 0.5) is 11.4 Å². The Morgan fingerprint density at radius 3 is 2.31 bits per heavy atom. The first-order valence-corrected chi connectivity index (χ1v) is 11.0. The molecule has 0 amide bonds. The molecule has 0 fully saturated rings. The molecule has 1 atom stereocenters. The summed E-state index contributed by atoms with van der Waals surface area (Å²) in [5.41, 5.74) is 3.10. The summed E-state index contributed by atoms with van der Waals surface area (Å²) in [6.07, 6.45) is 1.70. The Bertz CT molecular complexity index is 1050. The Morgan fingerprint density at radius 1 is 1.10 bits per heavy atom. The number of benzene rings is 2. The van der Waals surface area contributed by atoms with Crippen LogP contribution in [0.15, 0.2) is 42.5 Å². The standard InChI is InChI=1S/C21H24N2O5S/c1-14-11-17-12-16(7-10-19(17)23(14)29(4,26)27)20(24)13-28-21(25)15-5-8-18(9-6-15)22(2)3/h5-10,12,14H,11,13H2,1-4H3/t14-/m0/s1. The minimum atomic E-state index is -3.38. The summed E-state index contributed by atoms with van der Waals surface area (Å²) < 4.78 is 30.5. The maximum Gasteiger partial charge on any atom is 0.338 e. The largest absolute Gasteiger partial charge is 0.454 e. The van der Waals surface area contributed by atoms with Crippen molar-refractivity contribution in [3.8, 4) is 0 Å². The first-order valence-electron chi connectivity index (χ1n) is 9.18. The van der Waals surface area contributed by atoms with E-state index in [9.17, 15) is 18.0 Å². The van der Waals surface area contributed by atoms with Crippen molar-refractivity contribution in [1.82, 2.24) is 0 Å². The topological polar surface area (TPSA) is 84.0 Å². The molecular formula is C21H24N2O5S. The van der Waals surface area contributed by atoms with E-state index in [1.165, 1.54) is 10.6 Å². The number of hydrogen-bond acceptors (Lipinski definition) is 6. The third-order valence-corrected chi connectivity index (χ3v) is 6.14. The highest BCUT2D eigenvalue weighted by Gasteiger charge is 2.32. The summed E-state index contributed by atoms with van der Waals surface area (Å²) in [5, 5.41) is 0. The molecule has 0 aromatic heterocycles. The molecule has 29 heavy (non-hydrogen) atoms. The molecule has 8 heteroatoms. The molecule has 0 N–H and O–H groups in total. The van der Waals surface area contributed by atoms with Crippen molar-refractivity contribution < 1.29 is 22.7 Å². The van der Waals surface area contributed by atoms with Crippen LogP contribution in [0.3, 0.4) is 0 Å². The Balaban J connectivity index is 1.68. The van der Waals surface area contributed by atoms with Gasteiger partial charge in [0.25, 0.3) is 0 Å². The van der Waals surface area contributed by atoms with E-state index in [-0.39, 0.29) is 18.4 Å². The molecule has 1 aliphatic heterocycles. The predicted octanol–water partition coefficient (Wildman–Crippen LogP) is 2.50. The second-order valence-electron chi connectivity index (χ2n) is 7.40. The number of carbonyl (C=O) groups is 2. The van der Waals surface area contributed by atoms with E-state index in [0.29, 0.717) is 23.2 Å². The van der Waals surface area contributed by atoms with Crippen LogP contribution >= 0.6 is 0 Å². The number of carbonyl (C=O) groups excluding carboxylic acids is 2. The van der Waals surface area contributed by atoms with Gasteiger partial charge in [-0.15, -0.1) is 0 Å². The van der Waals surface area contributed by atoms with Gasteiger partial charge in [-0.1, -0.05) is 0 Å². The summed E-state index contributed by atoms with van der Waals surface area (Å²) in [6.45, 7) is 1.45. The highest BCUT2D eigenvalue weighted by Crippen LogP contribution is 2.34. The SMILES string of the molecule is C[C@H]1Cc2cc(C(=O)COC(=O)c3ccc(N(C)C)cc3)ccc2N1S(C)(=O)=O. The van der Waals surface area contributed by atoms with Crippen molar-refractivity contribution in [3.63, 3.8) is 0 Å². The van der Waals surface area contributed by atoms with E-state index in [1.807, 2.05) is 25.9 Å². The average Bonchev–Trinajstić information content (AvgIpc) is 3.00. The van der Waals surface area contributed by atoms with Crippen LogP contribution in [0.5, 0.6) is 0 Å². The number of esters is 1. The third-order valence-electron chi connectivity index (χ3n) is 4.87. The molecule has 0 aliphatic carbocycles. The van der Waals surface area contributed by atoms with Gasteiger partial charge in [0.05, 0.1) is 17.5 Å². The number of ketones is 1. The first-order chi connectivity index (χ1) is 13.6. The van der Waals surface area contributed by atoms with Crippen LogP contribution in [-0.2, 0) is 21.2 Å². The Labute approximate surface area is 170 Å². The number of rotatable bonds is 6. The van der Waals surface area contributed by atoms with Crippen molar-refractivity contribution in [2.75, 3.05) is 36.2 Å². The fourth-order valence-corrected chi connectivity index (χ4v) is 4.74. The van der Waals surface area contributed by atoms with E-state index in [2.05, 4.69) is 0 Å². The Hall–Kier alpha value is -2.87. The second-order valence-corrected chi connectivity index (χ2v) is 9.26. The van der Waals surface area contributed by atoms with Gasteiger partial charge < -0.3 is 9.64 Å². The molecule has 0 bridgehead atoms. The number of fused-ring (bicyclic) bond motifs is 1. The zero-order valence-electron chi connectivity index (χ0n) is 16.9. The number of ether oxygens (including phenoxy) is 1. The van der Waals surface area contributed by atoms with Gasteiger partial charge in [-0.25, -0.2) is 13.2 Å². The van der Waals surface area contributed by atoms with Crippen LogP contribution < -0.4 is 9.21 Å². The third kappa shape index (κ3) is 4.42. The van der Waals surface area contributed by atoms with Crippen molar-refractivity contribution in [2.45, 2.75) is 19.4 Å². The van der Waals surface area contributed by atoms with Gasteiger partial charge in [0.15, 0.2) is 12.4 Å². The zero-order chi connectivity index (χ0) is 21.3. The molecule has 0 radical (unpaired) electrons. The Morgan fingerprint density at radius 2 is 1.72 bits per heavy atom. The van der Waals surface area contributed by atoms with Gasteiger partial charge >= 0.3 is 5.97 Å². The molecule has 1 heterocycles. The van der Waals surface area contributed by atoms with Gasteiger partial charge in [-0.2, -0.15) is 0 Å². The first kappa shape index (κ1) is 20.9. The minimum absolute atomic E-state index is 0.201. The van der Waals surface area contributed by atoms with Crippen molar-refractivity contribution in [1.29, 1.82) is 0 Å². The fourth-order valence-electron chi connectivity index (χ4n) is 3.47. The van der Waals surface area contributed by atoms with Crippen molar-refractivity contribution in [3.05, 3.63) is 59.2 Å². The highest BCUT2D eigenvalue weighted by atomic mass is 32.2. The molecule has 2 aromatic rings. The lowest BCUT2D eigenvalue weighted by Gasteiger charge is -2.21. The molecule has 2 aromatic carbocycles. The smallest absolute Gasteiger partial charge is 0.338 e. The number of Topliss-reactive ketones (excluding diaryl/α,β-unsaturated/α-hetero) is 1. The normalized spacial score (nSPS) is 15.7. The van der Waals surface area contributed by atoms with Gasteiger partial charge in [0, 0.05) is 31.4 Å². The molecule has 0 saturated carbocycles. The van der Waals surface area contributed by atoms with Crippen LogP contribution in [-0.4, -0.2) is 53.2 Å². The van der Waals surface area contributed by atoms with Gasteiger partial charge in [-0.05, 0) is 61.4 Å². The lowest BCUT2D eigenvalue weighted by Crippen LogP contribution is -2.34. The van der Waals surface area contributed by atoms with E-state index in [1.54, 1.807) is 42.5 Å². The molecule has 1 aliphatic rings. The summed E-state index contributed by atoms with van der Waals surface area (Å²) >= 11 is 0. The molecule has 154 valence electrons. The lowest BCUT2D eigenvalue weighted by molar-refractivity contribution is 0.0475. The maximum absolute atomic E-state index is 12.5. The van der Waals surface area contributed by atoms with Gasteiger partial charge in [0.1, 0.15) is 0 Å². The van der Waals surface area contributed by atoms with E-state index in [4.69, 9.17) is 4.74 Å². The maximum atomic E-state index is 12.5. The summed E-state index contributed by atoms with van der Waals surface area (Å²) in [4.78, 5) is 26.6. The van der Waals surface area contributed by atoms with Gasteiger partial charge in [0.2, 0.25) is 10.0 Å². The number of anilines is 2. The van der Waals surface area contributed by atoms with Crippen LogP contribution in [0.25, 0.3) is 0 Å². The van der Waals surface area contributed by atoms with E-state index >= 15 is 0 Å². The molecule has 0 spiro atoms. The second kappa shape index (κ2) is 7.87. The lowest BCUT2D eigenvalue weighted by atomic mass is 10.0. The minimum Gasteiger partial charge on any atom is -0.454 e. The average molecular weight is 416 g/mol. The van der Waals surface area contributed by atoms with E-state index < -0.39 is 16.0 Å².